The fraction of sp³-hybridized carbons (Fsp3) is 0.375. The summed E-state index contributed by atoms with van der Waals surface area (Å²) in [5.74, 6) is -1.80. The number of aromatic nitrogens is 1. The van der Waals surface area contributed by atoms with Crippen LogP contribution < -0.4 is 10.1 Å². The van der Waals surface area contributed by atoms with Gasteiger partial charge in [-0.25, -0.2) is 13.8 Å². The molecule has 1 heterocycles. The van der Waals surface area contributed by atoms with Gasteiger partial charge >= 0.3 is 6.61 Å². The van der Waals surface area contributed by atoms with Crippen LogP contribution in [-0.2, 0) is 16.1 Å². The molecular weight excluding hydrogens is 372 g/mol. The molecule has 0 aromatic carbocycles. The van der Waals surface area contributed by atoms with E-state index in [1.807, 2.05) is 0 Å². The Hall–Kier alpha value is -3.00. The van der Waals surface area contributed by atoms with E-state index in [0.29, 0.717) is 0 Å². The predicted molar refractivity (Wildman–Crippen MR) is 86.4 cm³/mol. The Bertz CT molecular complexity index is 763. The molecule has 0 aliphatic heterocycles. The van der Waals surface area contributed by atoms with Crippen molar-refractivity contribution >= 4 is 12.1 Å². The van der Waals surface area contributed by atoms with Gasteiger partial charge in [0.25, 0.3) is 5.91 Å². The monoisotopic (exact) mass is 388 g/mol. The van der Waals surface area contributed by atoms with Gasteiger partial charge in [0.15, 0.2) is 17.7 Å². The normalized spacial score (nSPS) is 13.3. The molecule has 0 bridgehead atoms. The molecule has 1 aromatic rings. The number of aliphatic imine (C=N–C) groups is 1. The third kappa shape index (κ3) is 6.34. The Balaban J connectivity index is 2.81. The van der Waals surface area contributed by atoms with Crippen molar-refractivity contribution in [2.45, 2.75) is 32.5 Å². The van der Waals surface area contributed by atoms with Gasteiger partial charge in [-0.3, -0.25) is 14.5 Å². The second kappa shape index (κ2) is 10.2. The highest BCUT2D eigenvalue weighted by atomic mass is 19.3. The zero-order chi connectivity index (χ0) is 20.6. The van der Waals surface area contributed by atoms with Gasteiger partial charge in [0.2, 0.25) is 0 Å². The molecule has 2 unspecified atom stereocenters. The molecule has 0 aliphatic carbocycles. The molecule has 1 rings (SSSR count). The number of amides is 1. The molecule has 1 N–H and O–H groups in total. The lowest BCUT2D eigenvalue weighted by Gasteiger charge is -2.14. The maximum atomic E-state index is 14.1. The lowest BCUT2D eigenvalue weighted by atomic mass is 10.2. The SMILES string of the molecule is C=C(C=NC(OC(F)F)C(C)F)C(=O)NCc1c(OC)cnc(C#N)c1F. The van der Waals surface area contributed by atoms with Crippen LogP contribution in [0.25, 0.3) is 0 Å². The summed E-state index contributed by atoms with van der Waals surface area (Å²) in [5.41, 5.74) is -0.921. The van der Waals surface area contributed by atoms with Crippen molar-refractivity contribution in [3.05, 3.63) is 35.4 Å². The molecule has 0 saturated heterocycles. The van der Waals surface area contributed by atoms with Gasteiger partial charge in [-0.1, -0.05) is 6.58 Å². The number of pyridine rings is 1. The second-order valence-corrected chi connectivity index (χ2v) is 5.03. The third-order valence-corrected chi connectivity index (χ3v) is 3.14. The van der Waals surface area contributed by atoms with Crippen molar-refractivity contribution in [2.24, 2.45) is 4.99 Å². The highest BCUT2D eigenvalue weighted by molar-refractivity contribution is 6.11. The molecule has 0 saturated carbocycles. The van der Waals surface area contributed by atoms with Crippen LogP contribution in [0, 0.1) is 17.1 Å². The van der Waals surface area contributed by atoms with E-state index in [-0.39, 0.29) is 23.4 Å². The summed E-state index contributed by atoms with van der Waals surface area (Å²) in [6, 6.07) is 1.55. The number of nitriles is 1. The first-order valence-corrected chi connectivity index (χ1v) is 7.40. The lowest BCUT2D eigenvalue weighted by Crippen LogP contribution is -2.27. The minimum absolute atomic E-state index is 0.00253. The van der Waals surface area contributed by atoms with Crippen molar-refractivity contribution in [2.75, 3.05) is 7.11 Å². The molecule has 0 spiro atoms. The number of carbonyl (C=O) groups is 1. The molecule has 0 radical (unpaired) electrons. The molecule has 11 heteroatoms. The van der Waals surface area contributed by atoms with E-state index in [1.165, 1.54) is 7.11 Å². The quantitative estimate of drug-likeness (QED) is 0.398. The Labute approximate surface area is 152 Å². The van der Waals surface area contributed by atoms with Crippen LogP contribution in [0.1, 0.15) is 18.2 Å². The Morgan fingerprint density at radius 2 is 2.19 bits per heavy atom. The fourth-order valence-electron chi connectivity index (χ4n) is 1.80. The van der Waals surface area contributed by atoms with Crippen LogP contribution in [0.15, 0.2) is 23.3 Å². The van der Waals surface area contributed by atoms with Crippen molar-refractivity contribution in [3.8, 4) is 11.8 Å². The molecule has 0 aliphatic rings. The van der Waals surface area contributed by atoms with E-state index in [9.17, 15) is 22.4 Å². The fourth-order valence-corrected chi connectivity index (χ4v) is 1.80. The number of nitrogens with zero attached hydrogens (tertiary/aromatic N) is 3. The predicted octanol–water partition coefficient (Wildman–Crippen LogP) is 2.27. The number of methoxy groups -OCH3 is 1. The number of rotatable bonds is 9. The van der Waals surface area contributed by atoms with Crippen molar-refractivity contribution in [3.63, 3.8) is 0 Å². The maximum absolute atomic E-state index is 14.1. The average molecular weight is 388 g/mol. The van der Waals surface area contributed by atoms with Crippen molar-refractivity contribution in [1.82, 2.24) is 10.3 Å². The first kappa shape index (κ1) is 22.0. The zero-order valence-electron chi connectivity index (χ0n) is 14.4. The van der Waals surface area contributed by atoms with Gasteiger partial charge in [0, 0.05) is 12.8 Å². The van der Waals surface area contributed by atoms with Crippen LogP contribution in [-0.4, -0.2) is 43.2 Å². The van der Waals surface area contributed by atoms with E-state index < -0.39 is 36.4 Å². The Morgan fingerprint density at radius 3 is 2.70 bits per heavy atom. The summed E-state index contributed by atoms with van der Waals surface area (Å²) in [5, 5.41) is 11.1. The van der Waals surface area contributed by atoms with Gasteiger partial charge in [-0.15, -0.1) is 0 Å². The summed E-state index contributed by atoms with van der Waals surface area (Å²) in [6.07, 6.45) is -1.79. The number of alkyl halides is 3. The van der Waals surface area contributed by atoms with Crippen molar-refractivity contribution in [1.29, 1.82) is 5.26 Å². The van der Waals surface area contributed by atoms with E-state index >= 15 is 0 Å². The average Bonchev–Trinajstić information content (AvgIpc) is 2.62. The van der Waals surface area contributed by atoms with Gasteiger partial charge in [0.1, 0.15) is 18.0 Å². The third-order valence-electron chi connectivity index (χ3n) is 3.14. The summed E-state index contributed by atoms with van der Waals surface area (Å²) in [6.45, 7) is 0.689. The minimum Gasteiger partial charge on any atom is -0.495 e. The zero-order valence-corrected chi connectivity index (χ0v) is 14.4. The first-order chi connectivity index (χ1) is 12.7. The Kier molecular flexibility index (Phi) is 8.34. The Morgan fingerprint density at radius 1 is 1.52 bits per heavy atom. The first-order valence-electron chi connectivity index (χ1n) is 7.40. The topological polar surface area (TPSA) is 96.6 Å². The van der Waals surface area contributed by atoms with Crippen LogP contribution in [0.4, 0.5) is 17.6 Å². The lowest BCUT2D eigenvalue weighted by molar-refractivity contribution is -0.173. The number of hydrogen-bond acceptors (Lipinski definition) is 6. The number of hydrogen-bond donors (Lipinski definition) is 1. The summed E-state index contributed by atoms with van der Waals surface area (Å²) >= 11 is 0. The smallest absolute Gasteiger partial charge is 0.347 e. The number of halogens is 4. The minimum atomic E-state index is -3.25. The highest BCUT2D eigenvalue weighted by Crippen LogP contribution is 2.22. The van der Waals surface area contributed by atoms with E-state index in [4.69, 9.17) is 10.00 Å². The number of carbonyl (C=O) groups excluding carboxylic acids is 1. The number of ether oxygens (including phenoxy) is 2. The van der Waals surface area contributed by atoms with Crippen LogP contribution >= 0.6 is 0 Å². The maximum Gasteiger partial charge on any atom is 0.347 e. The highest BCUT2D eigenvalue weighted by Gasteiger charge is 2.21. The molecule has 7 nitrogen and oxygen atoms in total. The van der Waals surface area contributed by atoms with E-state index in [0.717, 1.165) is 19.3 Å². The molecule has 27 heavy (non-hydrogen) atoms. The van der Waals surface area contributed by atoms with Crippen LogP contribution in [0.3, 0.4) is 0 Å². The molecule has 1 amide bonds. The summed E-state index contributed by atoms with van der Waals surface area (Å²) < 4.78 is 60.5. The molecule has 1 aromatic heterocycles. The molecular formula is C16H16F4N4O3. The van der Waals surface area contributed by atoms with E-state index in [2.05, 4.69) is 26.6 Å². The van der Waals surface area contributed by atoms with Gasteiger partial charge < -0.3 is 10.1 Å². The second-order valence-electron chi connectivity index (χ2n) is 5.03. The molecule has 2 atom stereocenters. The molecule has 0 fully saturated rings. The van der Waals surface area contributed by atoms with Gasteiger partial charge in [0.05, 0.1) is 24.4 Å². The van der Waals surface area contributed by atoms with Crippen molar-refractivity contribution < 1.29 is 31.8 Å². The standard InChI is InChI=1S/C16H16F4N4O3/c1-8(5-24-15(9(2)17)27-16(19)20)14(25)23-6-10-12(26-3)7-22-11(4-21)13(10)18/h5,7,9,15-16H,1,6H2,2-3H3,(H,23,25). The van der Waals surface area contributed by atoms with Crippen LogP contribution in [0.5, 0.6) is 5.75 Å². The van der Waals surface area contributed by atoms with E-state index in [1.54, 1.807) is 6.07 Å². The largest absolute Gasteiger partial charge is 0.495 e. The summed E-state index contributed by atoms with van der Waals surface area (Å²) in [7, 11) is 1.25. The summed E-state index contributed by atoms with van der Waals surface area (Å²) in [4.78, 5) is 18.9. The molecule has 146 valence electrons. The van der Waals surface area contributed by atoms with Gasteiger partial charge in [-0.05, 0) is 6.92 Å². The van der Waals surface area contributed by atoms with Gasteiger partial charge in [-0.2, -0.15) is 14.0 Å². The van der Waals surface area contributed by atoms with Crippen LogP contribution in [0.2, 0.25) is 0 Å². The number of nitrogens with one attached hydrogen (secondary N) is 1.